The van der Waals surface area contributed by atoms with Crippen molar-refractivity contribution >= 4 is 5.91 Å². The van der Waals surface area contributed by atoms with Crippen LogP contribution in [0.1, 0.15) is 328 Å². The van der Waals surface area contributed by atoms with Gasteiger partial charge < -0.3 is 65.1 Å². The number of carbonyl (C=O) groups excluding carboxylic acids is 1. The van der Waals surface area contributed by atoms with Gasteiger partial charge in [0, 0.05) is 6.42 Å². The van der Waals surface area contributed by atoms with Crippen molar-refractivity contribution in [3.63, 3.8) is 0 Å². The van der Waals surface area contributed by atoms with E-state index in [-0.39, 0.29) is 12.5 Å². The molecule has 2 heterocycles. The molecule has 0 bridgehead atoms. The standard InChI is InChI=1S/C83H147NO13/c1-3-5-7-9-11-13-15-17-19-21-23-25-27-29-31-32-33-34-35-36-37-38-39-40-41-43-45-47-49-51-53-55-57-59-61-63-65-67-75(88)84-71(70-94-82-80(93)78(91)81(74(69-86)96-82)97-83-79(92)77(90)76(89)73(68-85)95-83)72(87)66-64-62-60-58-56-54-52-50-48-46-44-42-30-28-26-24-22-20-18-16-14-12-10-8-6-4-2/h5,7,11,13,17,19,23,25,29,31,33-34,36-37,39-40,71-74,76-83,85-87,89-93H,3-4,6,8-10,12,14-16,18,20-22,24,26-28,30,32,35,38,41-70H2,1-2H3,(H,84,88)/b7-5-,13-11-,19-17-,25-23-,31-29-,34-33-,37-36-,40-39-. The molecule has 2 saturated heterocycles. The first-order valence-corrected chi connectivity index (χ1v) is 40.0. The Morgan fingerprint density at radius 2 is 0.711 bits per heavy atom. The molecule has 2 aliphatic rings. The van der Waals surface area contributed by atoms with Crippen molar-refractivity contribution in [2.24, 2.45) is 0 Å². The maximum Gasteiger partial charge on any atom is 0.220 e. The molecule has 9 N–H and O–H groups in total. The number of unbranched alkanes of at least 4 members (excludes halogenated alkanes) is 37. The number of allylic oxidation sites excluding steroid dienone is 16. The molecular formula is C83H147NO13. The maximum absolute atomic E-state index is 13.4. The Balaban J connectivity index is 1.61. The van der Waals surface area contributed by atoms with Gasteiger partial charge in [0.25, 0.3) is 0 Å². The van der Waals surface area contributed by atoms with Gasteiger partial charge in [0.2, 0.25) is 5.91 Å². The number of amides is 1. The highest BCUT2D eigenvalue weighted by Gasteiger charge is 2.51. The highest BCUT2D eigenvalue weighted by atomic mass is 16.7. The summed E-state index contributed by atoms with van der Waals surface area (Å²) in [5.41, 5.74) is 0. The Morgan fingerprint density at radius 1 is 0.381 bits per heavy atom. The predicted molar refractivity (Wildman–Crippen MR) is 401 cm³/mol. The molecule has 12 unspecified atom stereocenters. The molecule has 14 heteroatoms. The fraction of sp³-hybridized carbons (Fsp3) is 0.795. The number of hydrogen-bond acceptors (Lipinski definition) is 13. The zero-order chi connectivity index (χ0) is 70.1. The molecule has 0 aromatic rings. The molecule has 0 saturated carbocycles. The SMILES string of the molecule is CC/C=C\C/C=C\C/C=C\C/C=C\C/C=C\C/C=C\C/C=C\C/C=C\CCCCCCCCCCCCCCC(=O)NC(COC1OC(CO)C(OC2OC(CO)C(O)C(O)C2O)C(O)C1O)C(O)CCCCCCCCCCCCCCCCCCCCCCCCCCCC. The minimum Gasteiger partial charge on any atom is -0.394 e. The monoisotopic (exact) mass is 1370 g/mol. The van der Waals surface area contributed by atoms with Crippen molar-refractivity contribution in [2.45, 2.75) is 402 Å². The van der Waals surface area contributed by atoms with Gasteiger partial charge >= 0.3 is 0 Å². The van der Waals surface area contributed by atoms with E-state index in [0.29, 0.717) is 12.8 Å². The smallest absolute Gasteiger partial charge is 0.220 e. The number of rotatable bonds is 66. The summed E-state index contributed by atoms with van der Waals surface area (Å²) >= 11 is 0. The van der Waals surface area contributed by atoms with E-state index in [9.17, 15) is 45.6 Å². The van der Waals surface area contributed by atoms with Crippen LogP contribution in [-0.2, 0) is 23.7 Å². The molecule has 2 aliphatic heterocycles. The Kier molecular flexibility index (Phi) is 61.4. The second-order valence-electron chi connectivity index (χ2n) is 27.8. The van der Waals surface area contributed by atoms with E-state index in [2.05, 4.69) is 116 Å². The van der Waals surface area contributed by atoms with E-state index < -0.39 is 86.8 Å². The van der Waals surface area contributed by atoms with Gasteiger partial charge in [-0.2, -0.15) is 0 Å². The third kappa shape index (κ3) is 49.2. The van der Waals surface area contributed by atoms with Crippen LogP contribution in [0.3, 0.4) is 0 Å². The zero-order valence-corrected chi connectivity index (χ0v) is 61.6. The molecule has 0 aromatic carbocycles. The average molecular weight is 1370 g/mol. The lowest BCUT2D eigenvalue weighted by atomic mass is 9.97. The van der Waals surface area contributed by atoms with Crippen LogP contribution < -0.4 is 5.32 Å². The lowest BCUT2D eigenvalue weighted by Crippen LogP contribution is -2.65. The molecule has 2 fully saturated rings. The topological polar surface area (TPSA) is 228 Å². The lowest BCUT2D eigenvalue weighted by Gasteiger charge is -2.46. The van der Waals surface area contributed by atoms with Gasteiger partial charge in [-0.15, -0.1) is 0 Å². The van der Waals surface area contributed by atoms with E-state index in [1.54, 1.807) is 0 Å². The van der Waals surface area contributed by atoms with Crippen LogP contribution in [0.15, 0.2) is 97.2 Å². The molecular weight excluding hydrogens is 1220 g/mol. The third-order valence-electron chi connectivity index (χ3n) is 19.1. The van der Waals surface area contributed by atoms with Gasteiger partial charge in [-0.25, -0.2) is 0 Å². The van der Waals surface area contributed by atoms with Crippen LogP contribution in [0, 0.1) is 0 Å². The second kappa shape index (κ2) is 66.2. The van der Waals surface area contributed by atoms with Crippen LogP contribution in [-0.4, -0.2) is 140 Å². The molecule has 0 spiro atoms. The molecule has 562 valence electrons. The number of aliphatic hydroxyl groups is 8. The minimum atomic E-state index is -1.79. The fourth-order valence-corrected chi connectivity index (χ4v) is 12.8. The first kappa shape index (κ1) is 90.0. The van der Waals surface area contributed by atoms with Crippen molar-refractivity contribution in [1.82, 2.24) is 5.32 Å². The number of aliphatic hydroxyl groups excluding tert-OH is 8. The van der Waals surface area contributed by atoms with Crippen LogP contribution in [0.4, 0.5) is 0 Å². The second-order valence-corrected chi connectivity index (χ2v) is 27.8. The number of nitrogens with one attached hydrogen (secondary N) is 1. The van der Waals surface area contributed by atoms with Crippen molar-refractivity contribution in [2.75, 3.05) is 19.8 Å². The molecule has 1 amide bonds. The van der Waals surface area contributed by atoms with Gasteiger partial charge in [-0.05, 0) is 77.0 Å². The summed E-state index contributed by atoms with van der Waals surface area (Å²) < 4.78 is 23.0. The maximum atomic E-state index is 13.4. The highest BCUT2D eigenvalue weighted by molar-refractivity contribution is 5.76. The van der Waals surface area contributed by atoms with E-state index in [1.807, 2.05) is 0 Å². The first-order chi connectivity index (χ1) is 47.6. The summed E-state index contributed by atoms with van der Waals surface area (Å²) in [6.07, 6.45) is 77.2. The zero-order valence-electron chi connectivity index (χ0n) is 61.6. The van der Waals surface area contributed by atoms with Gasteiger partial charge in [0.1, 0.15) is 48.8 Å². The summed E-state index contributed by atoms with van der Waals surface area (Å²) in [6, 6.07) is -0.837. The van der Waals surface area contributed by atoms with Gasteiger partial charge in [0.05, 0.1) is 32.0 Å². The third-order valence-corrected chi connectivity index (χ3v) is 19.1. The Hall–Kier alpha value is -3.09. The summed E-state index contributed by atoms with van der Waals surface area (Å²) in [5.74, 6) is -0.208. The summed E-state index contributed by atoms with van der Waals surface area (Å²) in [5, 5.41) is 87.9. The van der Waals surface area contributed by atoms with E-state index in [0.717, 1.165) is 109 Å². The Morgan fingerprint density at radius 3 is 1.09 bits per heavy atom. The molecule has 97 heavy (non-hydrogen) atoms. The van der Waals surface area contributed by atoms with E-state index >= 15 is 0 Å². The molecule has 0 aliphatic carbocycles. The quantitative estimate of drug-likeness (QED) is 0.0204. The predicted octanol–water partition coefficient (Wildman–Crippen LogP) is 18.1. The lowest BCUT2D eigenvalue weighted by molar-refractivity contribution is -0.359. The van der Waals surface area contributed by atoms with Crippen LogP contribution in [0.2, 0.25) is 0 Å². The van der Waals surface area contributed by atoms with Crippen LogP contribution in [0.5, 0.6) is 0 Å². The highest BCUT2D eigenvalue weighted by Crippen LogP contribution is 2.30. The molecule has 0 aromatic heterocycles. The normalized spacial score (nSPS) is 22.7. The fourth-order valence-electron chi connectivity index (χ4n) is 12.8. The van der Waals surface area contributed by atoms with Gasteiger partial charge in [-0.3, -0.25) is 4.79 Å². The average Bonchev–Trinajstić information content (AvgIpc) is 0.794. The summed E-state index contributed by atoms with van der Waals surface area (Å²) in [7, 11) is 0. The molecule has 14 nitrogen and oxygen atoms in total. The van der Waals surface area contributed by atoms with Crippen molar-refractivity contribution in [3.05, 3.63) is 97.2 Å². The van der Waals surface area contributed by atoms with Crippen LogP contribution >= 0.6 is 0 Å². The summed E-state index contributed by atoms with van der Waals surface area (Å²) in [4.78, 5) is 13.4. The van der Waals surface area contributed by atoms with E-state index in [1.165, 1.54) is 193 Å². The molecule has 12 atom stereocenters. The number of hydrogen-bond donors (Lipinski definition) is 9. The van der Waals surface area contributed by atoms with Crippen LogP contribution in [0.25, 0.3) is 0 Å². The number of ether oxygens (including phenoxy) is 4. The Bertz CT molecular complexity index is 2000. The summed E-state index contributed by atoms with van der Waals surface area (Å²) in [6.45, 7) is 2.79. The number of carbonyl (C=O) groups is 1. The largest absolute Gasteiger partial charge is 0.394 e. The Labute approximate surface area is 592 Å². The van der Waals surface area contributed by atoms with Gasteiger partial charge in [0.15, 0.2) is 12.6 Å². The van der Waals surface area contributed by atoms with Crippen molar-refractivity contribution < 1.29 is 64.6 Å². The minimum absolute atomic E-state index is 0.208. The first-order valence-electron chi connectivity index (χ1n) is 40.0. The van der Waals surface area contributed by atoms with Crippen molar-refractivity contribution in [1.29, 1.82) is 0 Å². The van der Waals surface area contributed by atoms with Crippen molar-refractivity contribution in [3.8, 4) is 0 Å². The molecule has 0 radical (unpaired) electrons. The molecule has 2 rings (SSSR count). The van der Waals surface area contributed by atoms with Gasteiger partial charge in [-0.1, -0.05) is 342 Å². The van der Waals surface area contributed by atoms with E-state index in [4.69, 9.17) is 18.9 Å².